The summed E-state index contributed by atoms with van der Waals surface area (Å²) in [5, 5.41) is 20.4. The maximum absolute atomic E-state index is 13.8. The third-order valence-corrected chi connectivity index (χ3v) is 8.10. The minimum Gasteiger partial charge on any atom is -0.494 e. The van der Waals surface area contributed by atoms with Crippen molar-refractivity contribution < 1.29 is 23.0 Å². The molecule has 0 saturated carbocycles. The highest BCUT2D eigenvalue weighted by Gasteiger charge is 2.32. The van der Waals surface area contributed by atoms with E-state index in [0.717, 1.165) is 0 Å². The molecular formula is C29H28N4O6S. The van der Waals surface area contributed by atoms with Crippen LogP contribution in [0.15, 0.2) is 75.4 Å². The highest BCUT2D eigenvalue weighted by molar-refractivity contribution is 7.91. The molecule has 11 heteroatoms. The van der Waals surface area contributed by atoms with Gasteiger partial charge in [0, 0.05) is 18.2 Å². The fourth-order valence-electron chi connectivity index (χ4n) is 4.22. The summed E-state index contributed by atoms with van der Waals surface area (Å²) in [5.74, 6) is 0.202. The van der Waals surface area contributed by atoms with E-state index in [9.17, 15) is 18.3 Å². The molecule has 0 fully saturated rings. The molecule has 0 radical (unpaired) electrons. The number of para-hydroxylation sites is 1. The van der Waals surface area contributed by atoms with Crippen molar-refractivity contribution in [2.45, 2.75) is 36.5 Å². The number of aromatic nitrogens is 3. The average Bonchev–Trinajstić information content (AvgIpc) is 2.95. The monoisotopic (exact) mass is 560 g/mol. The number of nitrogens with zero attached hydrogens (tertiary/aromatic N) is 4. The summed E-state index contributed by atoms with van der Waals surface area (Å²) in [7, 11) is -1.65. The summed E-state index contributed by atoms with van der Waals surface area (Å²) in [6.45, 7) is 4.00. The van der Waals surface area contributed by atoms with Crippen molar-refractivity contribution in [1.82, 2.24) is 14.5 Å². The van der Waals surface area contributed by atoms with Gasteiger partial charge in [0.15, 0.2) is 4.90 Å². The Morgan fingerprint density at radius 2 is 1.62 bits per heavy atom. The smallest absolute Gasteiger partial charge is 0.296 e. The van der Waals surface area contributed by atoms with Gasteiger partial charge in [0.1, 0.15) is 34.8 Å². The van der Waals surface area contributed by atoms with E-state index in [1.807, 2.05) is 19.9 Å². The van der Waals surface area contributed by atoms with Crippen LogP contribution >= 0.6 is 0 Å². The van der Waals surface area contributed by atoms with Gasteiger partial charge in [0.05, 0.1) is 19.1 Å². The molecule has 4 rings (SSSR count). The van der Waals surface area contributed by atoms with Gasteiger partial charge in [-0.2, -0.15) is 10.2 Å². The molecule has 2 aromatic carbocycles. The number of nitriles is 1. The molecule has 0 aliphatic rings. The maximum Gasteiger partial charge on any atom is 0.296 e. The second-order valence-electron chi connectivity index (χ2n) is 9.34. The molecule has 0 unspecified atom stereocenters. The first-order valence-corrected chi connectivity index (χ1v) is 13.9. The molecule has 0 bridgehead atoms. The fourth-order valence-corrected chi connectivity index (χ4v) is 5.56. The number of aromatic hydroxyl groups is 1. The van der Waals surface area contributed by atoms with E-state index in [1.54, 1.807) is 42.5 Å². The van der Waals surface area contributed by atoms with Crippen molar-refractivity contribution >= 4 is 9.84 Å². The van der Waals surface area contributed by atoms with E-state index >= 15 is 0 Å². The number of methoxy groups -OCH3 is 2. The van der Waals surface area contributed by atoms with Gasteiger partial charge in [-0.1, -0.05) is 32.0 Å². The lowest BCUT2D eigenvalue weighted by Crippen LogP contribution is -2.25. The Bertz CT molecular complexity index is 1720. The molecule has 0 aliphatic carbocycles. The Labute approximate surface area is 232 Å². The van der Waals surface area contributed by atoms with Gasteiger partial charge < -0.3 is 14.6 Å². The molecule has 0 aliphatic heterocycles. The van der Waals surface area contributed by atoms with Crippen LogP contribution in [0.1, 0.15) is 31.8 Å². The standard InChI is InChI=1S/C29H28N4O6S/c1-18(2)8-15-25-32-28(34)27(29(35)33(25)26-23(38-3)6-5-7-24(26)39-4)40(36,37)22-13-10-19(11-14-22)20-9-12-21(16-30)31-17-20/h5-7,9-14,17-18,35H,8,15H2,1-4H3. The van der Waals surface area contributed by atoms with Gasteiger partial charge in [-0.15, -0.1) is 0 Å². The molecule has 2 aromatic heterocycles. The molecular weight excluding hydrogens is 532 g/mol. The summed E-state index contributed by atoms with van der Waals surface area (Å²) in [6.07, 6.45) is 2.42. The highest BCUT2D eigenvalue weighted by Crippen LogP contribution is 2.38. The molecule has 0 amide bonds. The van der Waals surface area contributed by atoms with Crippen molar-refractivity contribution in [3.05, 3.63) is 82.7 Å². The van der Waals surface area contributed by atoms with Crippen LogP contribution < -0.4 is 15.0 Å². The lowest BCUT2D eigenvalue weighted by atomic mass is 10.1. The van der Waals surface area contributed by atoms with E-state index in [4.69, 9.17) is 14.7 Å². The van der Waals surface area contributed by atoms with Crippen molar-refractivity contribution in [1.29, 1.82) is 5.26 Å². The topological polar surface area (TPSA) is 144 Å². The number of rotatable bonds is 9. The van der Waals surface area contributed by atoms with E-state index in [0.29, 0.717) is 17.5 Å². The zero-order chi connectivity index (χ0) is 29.0. The predicted octanol–water partition coefficient (Wildman–Crippen LogP) is 4.31. The summed E-state index contributed by atoms with van der Waals surface area (Å²) in [4.78, 5) is 20.3. The molecule has 40 heavy (non-hydrogen) atoms. The van der Waals surface area contributed by atoms with Crippen molar-refractivity contribution in [2.75, 3.05) is 14.2 Å². The first-order valence-electron chi connectivity index (χ1n) is 12.4. The van der Waals surface area contributed by atoms with Crippen molar-refractivity contribution in [3.8, 4) is 40.3 Å². The second-order valence-corrected chi connectivity index (χ2v) is 11.2. The Morgan fingerprint density at radius 3 is 2.15 bits per heavy atom. The van der Waals surface area contributed by atoms with E-state index < -0.39 is 26.2 Å². The normalized spacial score (nSPS) is 11.3. The number of hydrogen-bond donors (Lipinski definition) is 1. The molecule has 206 valence electrons. The molecule has 0 atom stereocenters. The Balaban J connectivity index is 1.90. The minimum atomic E-state index is -4.51. The van der Waals surface area contributed by atoms with Crippen LogP contribution in [0.3, 0.4) is 0 Å². The second kappa shape index (κ2) is 11.6. The van der Waals surface area contributed by atoms with Crippen LogP contribution in [0.25, 0.3) is 16.8 Å². The quantitative estimate of drug-likeness (QED) is 0.316. The minimum absolute atomic E-state index is 0.168. The first kappa shape index (κ1) is 28.3. The molecule has 0 spiro atoms. The van der Waals surface area contributed by atoms with Crippen LogP contribution in [-0.2, 0) is 16.3 Å². The van der Waals surface area contributed by atoms with Gasteiger partial charge in [-0.05, 0) is 54.3 Å². The SMILES string of the molecule is COc1cccc(OC)c1-n1c(CCC(C)C)nc(=O)c(S(=O)(=O)c2ccc(-c3ccc(C#N)nc3)cc2)c1O. The molecule has 0 saturated heterocycles. The van der Waals surface area contributed by atoms with Crippen LogP contribution in [0.4, 0.5) is 0 Å². The largest absolute Gasteiger partial charge is 0.494 e. The van der Waals surface area contributed by atoms with E-state index in [2.05, 4.69) is 9.97 Å². The Hall–Kier alpha value is -4.69. The van der Waals surface area contributed by atoms with Crippen molar-refractivity contribution in [3.63, 3.8) is 0 Å². The zero-order valence-electron chi connectivity index (χ0n) is 22.5. The van der Waals surface area contributed by atoms with E-state index in [-0.39, 0.29) is 45.9 Å². The third-order valence-electron chi connectivity index (χ3n) is 6.31. The lowest BCUT2D eigenvalue weighted by Gasteiger charge is -2.21. The summed E-state index contributed by atoms with van der Waals surface area (Å²) in [5.41, 5.74) is 0.731. The van der Waals surface area contributed by atoms with Crippen molar-refractivity contribution in [2.24, 2.45) is 5.92 Å². The number of sulfone groups is 1. The summed E-state index contributed by atoms with van der Waals surface area (Å²) in [6, 6.07) is 15.9. The average molecular weight is 561 g/mol. The Kier molecular flexibility index (Phi) is 8.21. The fraction of sp³-hybridized carbons (Fsp3) is 0.241. The molecule has 4 aromatic rings. The highest BCUT2D eigenvalue weighted by atomic mass is 32.2. The van der Waals surface area contributed by atoms with Crippen LogP contribution in [-0.4, -0.2) is 42.3 Å². The lowest BCUT2D eigenvalue weighted by molar-refractivity contribution is 0.373. The van der Waals surface area contributed by atoms with Crippen LogP contribution in [0.5, 0.6) is 17.4 Å². The summed E-state index contributed by atoms with van der Waals surface area (Å²) < 4.78 is 39.7. The van der Waals surface area contributed by atoms with Gasteiger partial charge in [-0.25, -0.2) is 13.4 Å². The molecule has 1 N–H and O–H groups in total. The van der Waals surface area contributed by atoms with Gasteiger partial charge >= 0.3 is 0 Å². The van der Waals surface area contributed by atoms with Gasteiger partial charge in [-0.3, -0.25) is 9.36 Å². The predicted molar refractivity (Wildman–Crippen MR) is 148 cm³/mol. The van der Waals surface area contributed by atoms with E-state index in [1.165, 1.54) is 37.1 Å². The van der Waals surface area contributed by atoms with Gasteiger partial charge in [0.2, 0.25) is 15.7 Å². The van der Waals surface area contributed by atoms with Gasteiger partial charge in [0.25, 0.3) is 5.56 Å². The van der Waals surface area contributed by atoms with Crippen LogP contribution in [0.2, 0.25) is 0 Å². The number of pyridine rings is 1. The zero-order valence-corrected chi connectivity index (χ0v) is 23.3. The molecule has 10 nitrogen and oxygen atoms in total. The number of aryl methyl sites for hydroxylation is 1. The number of benzene rings is 2. The number of ether oxygens (including phenoxy) is 2. The third kappa shape index (κ3) is 5.39. The number of hydrogen-bond acceptors (Lipinski definition) is 9. The summed E-state index contributed by atoms with van der Waals surface area (Å²) >= 11 is 0. The molecule has 2 heterocycles. The maximum atomic E-state index is 13.8. The Morgan fingerprint density at radius 1 is 1.00 bits per heavy atom. The first-order chi connectivity index (χ1) is 19.1. The van der Waals surface area contributed by atoms with Crippen LogP contribution in [0, 0.1) is 17.2 Å².